The fraction of sp³-hybridized carbons (Fsp3) is 0.812. The van der Waals surface area contributed by atoms with Gasteiger partial charge in [0.05, 0.1) is 18.6 Å². The highest BCUT2D eigenvalue weighted by molar-refractivity contribution is 5.86. The van der Waals surface area contributed by atoms with Gasteiger partial charge >= 0.3 is 5.97 Å². The summed E-state index contributed by atoms with van der Waals surface area (Å²) in [5, 5.41) is 18.9. The molecule has 0 aromatic heterocycles. The Balaban J connectivity index is 2.46. The van der Waals surface area contributed by atoms with Gasteiger partial charge in [-0.15, -0.1) is 0 Å². The van der Waals surface area contributed by atoms with Crippen molar-refractivity contribution in [2.75, 3.05) is 26.3 Å². The molecule has 0 radical (unpaired) electrons. The van der Waals surface area contributed by atoms with Gasteiger partial charge in [0.25, 0.3) is 6.47 Å². The first kappa shape index (κ1) is 20.4. The van der Waals surface area contributed by atoms with E-state index in [1.54, 1.807) is 0 Å². The standard InChI is InChI=1S/C16H27NO7/c1-3-16(4-2,24-11-19)8-13(20)10-23-15(22)12-7-14(21)17(9-12)5-6-18/h11-13,18,20H,3-10H2,1-2H3. The molecule has 1 rings (SSSR count). The molecule has 1 amide bonds. The van der Waals surface area contributed by atoms with Crippen LogP contribution in [0.1, 0.15) is 39.5 Å². The van der Waals surface area contributed by atoms with Crippen molar-refractivity contribution in [2.45, 2.75) is 51.2 Å². The number of ether oxygens (including phenoxy) is 2. The Morgan fingerprint density at radius 2 is 2.12 bits per heavy atom. The highest BCUT2D eigenvalue weighted by atomic mass is 16.5. The van der Waals surface area contributed by atoms with Gasteiger partial charge in [0.2, 0.25) is 5.91 Å². The van der Waals surface area contributed by atoms with E-state index in [4.69, 9.17) is 14.6 Å². The fourth-order valence-corrected chi connectivity index (χ4v) is 2.91. The van der Waals surface area contributed by atoms with E-state index in [-0.39, 0.29) is 45.1 Å². The second-order valence-corrected chi connectivity index (χ2v) is 6.06. The Morgan fingerprint density at radius 1 is 1.46 bits per heavy atom. The molecule has 24 heavy (non-hydrogen) atoms. The van der Waals surface area contributed by atoms with Crippen molar-refractivity contribution in [3.05, 3.63) is 0 Å². The van der Waals surface area contributed by atoms with Crippen LogP contribution in [0.15, 0.2) is 0 Å². The summed E-state index contributed by atoms with van der Waals surface area (Å²) in [6.07, 6.45) is 0.351. The maximum absolute atomic E-state index is 12.0. The van der Waals surface area contributed by atoms with Crippen molar-refractivity contribution in [2.24, 2.45) is 5.92 Å². The summed E-state index contributed by atoms with van der Waals surface area (Å²) in [5.41, 5.74) is -0.769. The Labute approximate surface area is 141 Å². The molecule has 0 spiro atoms. The quantitative estimate of drug-likeness (QED) is 0.395. The van der Waals surface area contributed by atoms with E-state index in [2.05, 4.69) is 0 Å². The van der Waals surface area contributed by atoms with Crippen LogP contribution in [0.3, 0.4) is 0 Å². The molecule has 8 heteroatoms. The smallest absolute Gasteiger partial charge is 0.311 e. The molecule has 8 nitrogen and oxygen atoms in total. The van der Waals surface area contributed by atoms with Gasteiger partial charge in [-0.25, -0.2) is 0 Å². The first-order valence-corrected chi connectivity index (χ1v) is 8.26. The number of hydrogen-bond donors (Lipinski definition) is 2. The molecule has 0 aromatic carbocycles. The lowest BCUT2D eigenvalue weighted by Crippen LogP contribution is -2.37. The summed E-state index contributed by atoms with van der Waals surface area (Å²) in [6, 6.07) is 0. The first-order valence-electron chi connectivity index (χ1n) is 8.26. The number of likely N-dealkylation sites (tertiary alicyclic amines) is 1. The molecule has 2 N–H and O–H groups in total. The maximum atomic E-state index is 12.0. The van der Waals surface area contributed by atoms with Crippen LogP contribution in [0.4, 0.5) is 0 Å². The number of carbonyl (C=O) groups excluding carboxylic acids is 3. The van der Waals surface area contributed by atoms with E-state index < -0.39 is 23.6 Å². The van der Waals surface area contributed by atoms with Crippen LogP contribution >= 0.6 is 0 Å². The third kappa shape index (κ3) is 5.45. The van der Waals surface area contributed by atoms with Crippen LogP contribution in [-0.2, 0) is 23.9 Å². The topological polar surface area (TPSA) is 113 Å². The number of esters is 1. The van der Waals surface area contributed by atoms with Crippen LogP contribution in [0, 0.1) is 5.92 Å². The summed E-state index contributed by atoms with van der Waals surface area (Å²) >= 11 is 0. The summed E-state index contributed by atoms with van der Waals surface area (Å²) in [5.74, 6) is -1.32. The Kier molecular flexibility index (Phi) is 8.14. The normalized spacial score (nSPS) is 19.2. The number of nitrogens with zero attached hydrogens (tertiary/aromatic N) is 1. The number of amides is 1. The minimum absolute atomic E-state index is 0.0526. The molecule has 1 saturated heterocycles. The SMILES string of the molecule is CCC(CC)(CC(O)COC(=O)C1CC(=O)N(CCO)C1)OC=O. The Bertz CT molecular complexity index is 436. The summed E-state index contributed by atoms with van der Waals surface area (Å²) in [7, 11) is 0. The van der Waals surface area contributed by atoms with Crippen LogP contribution in [0.25, 0.3) is 0 Å². The van der Waals surface area contributed by atoms with Gasteiger partial charge in [-0.05, 0) is 12.8 Å². The molecule has 0 aliphatic carbocycles. The lowest BCUT2D eigenvalue weighted by atomic mass is 9.90. The third-order valence-electron chi connectivity index (χ3n) is 4.53. The minimum atomic E-state index is -0.959. The Hall–Kier alpha value is -1.67. The predicted molar refractivity (Wildman–Crippen MR) is 83.8 cm³/mol. The predicted octanol–water partition coefficient (Wildman–Crippen LogP) is -0.147. The number of carbonyl (C=O) groups is 3. The van der Waals surface area contributed by atoms with Crippen LogP contribution < -0.4 is 0 Å². The average Bonchev–Trinajstić information content (AvgIpc) is 2.93. The largest absolute Gasteiger partial charge is 0.463 e. The summed E-state index contributed by atoms with van der Waals surface area (Å²) in [4.78, 5) is 35.7. The average molecular weight is 345 g/mol. The van der Waals surface area contributed by atoms with Gasteiger partial charge in [-0.2, -0.15) is 0 Å². The molecule has 1 fully saturated rings. The number of rotatable bonds is 11. The fourth-order valence-electron chi connectivity index (χ4n) is 2.91. The van der Waals surface area contributed by atoms with E-state index in [1.165, 1.54) is 4.90 Å². The second-order valence-electron chi connectivity index (χ2n) is 6.06. The number of aliphatic hydroxyl groups excluding tert-OH is 2. The number of β-amino-alcohol motifs (C(OH)–C–C–N with tert-alkyl or cyclic N) is 1. The molecule has 0 bridgehead atoms. The lowest BCUT2D eigenvalue weighted by Gasteiger charge is -2.31. The zero-order valence-electron chi connectivity index (χ0n) is 14.3. The molecule has 1 heterocycles. The molecule has 2 atom stereocenters. The second kappa shape index (κ2) is 9.58. The summed E-state index contributed by atoms with van der Waals surface area (Å²) < 4.78 is 10.2. The molecular weight excluding hydrogens is 318 g/mol. The monoisotopic (exact) mass is 345 g/mol. The van der Waals surface area contributed by atoms with Crippen LogP contribution in [0.5, 0.6) is 0 Å². The number of aliphatic hydroxyl groups is 2. The first-order chi connectivity index (χ1) is 11.4. The Morgan fingerprint density at radius 3 is 2.67 bits per heavy atom. The van der Waals surface area contributed by atoms with Crippen molar-refractivity contribution in [3.8, 4) is 0 Å². The van der Waals surface area contributed by atoms with Crippen LogP contribution in [0.2, 0.25) is 0 Å². The van der Waals surface area contributed by atoms with Crippen molar-refractivity contribution >= 4 is 18.3 Å². The zero-order chi connectivity index (χ0) is 18.2. The summed E-state index contributed by atoms with van der Waals surface area (Å²) in [6.45, 7) is 4.12. The van der Waals surface area contributed by atoms with Gasteiger partial charge in [0.15, 0.2) is 0 Å². The maximum Gasteiger partial charge on any atom is 0.311 e. The molecule has 0 aromatic rings. The van der Waals surface area contributed by atoms with Crippen molar-refractivity contribution in [3.63, 3.8) is 0 Å². The molecule has 1 aliphatic rings. The van der Waals surface area contributed by atoms with E-state index in [1.807, 2.05) is 13.8 Å². The van der Waals surface area contributed by atoms with Crippen molar-refractivity contribution in [1.29, 1.82) is 0 Å². The third-order valence-corrected chi connectivity index (χ3v) is 4.53. The van der Waals surface area contributed by atoms with E-state index >= 15 is 0 Å². The van der Waals surface area contributed by atoms with E-state index in [9.17, 15) is 19.5 Å². The zero-order valence-corrected chi connectivity index (χ0v) is 14.3. The molecule has 0 saturated carbocycles. The number of hydrogen-bond acceptors (Lipinski definition) is 7. The van der Waals surface area contributed by atoms with Gasteiger partial charge in [0.1, 0.15) is 12.2 Å². The van der Waals surface area contributed by atoms with Crippen molar-refractivity contribution < 1.29 is 34.1 Å². The van der Waals surface area contributed by atoms with E-state index in [0.29, 0.717) is 19.3 Å². The highest BCUT2D eigenvalue weighted by Crippen LogP contribution is 2.26. The van der Waals surface area contributed by atoms with Crippen LogP contribution in [-0.4, -0.2) is 71.5 Å². The van der Waals surface area contributed by atoms with Gasteiger partial charge in [-0.1, -0.05) is 13.8 Å². The van der Waals surface area contributed by atoms with Gasteiger partial charge < -0.3 is 24.6 Å². The molecular formula is C16H27NO7. The van der Waals surface area contributed by atoms with Crippen molar-refractivity contribution in [1.82, 2.24) is 4.90 Å². The molecule has 138 valence electrons. The van der Waals surface area contributed by atoms with Gasteiger partial charge in [-0.3, -0.25) is 14.4 Å². The molecule has 2 unspecified atom stereocenters. The lowest BCUT2D eigenvalue weighted by molar-refractivity contribution is -0.157. The highest BCUT2D eigenvalue weighted by Gasteiger charge is 2.36. The minimum Gasteiger partial charge on any atom is -0.463 e. The van der Waals surface area contributed by atoms with Gasteiger partial charge in [0, 0.05) is 25.9 Å². The molecule has 1 aliphatic heterocycles. The van der Waals surface area contributed by atoms with E-state index in [0.717, 1.165) is 0 Å².